The fourth-order valence-corrected chi connectivity index (χ4v) is 2.72. The van der Waals surface area contributed by atoms with Crippen molar-refractivity contribution in [2.75, 3.05) is 14.2 Å². The maximum Gasteiger partial charge on any atom is 0.343 e. The average molecular weight is 336 g/mol. The number of para-hydroxylation sites is 1. The first-order chi connectivity index (χ1) is 12.0. The van der Waals surface area contributed by atoms with E-state index in [-0.39, 0.29) is 5.97 Å². The molecule has 2 aromatic rings. The lowest BCUT2D eigenvalue weighted by molar-refractivity contribution is -0.130. The molecule has 0 saturated heterocycles. The van der Waals surface area contributed by atoms with Crippen LogP contribution in [0.1, 0.15) is 22.3 Å². The van der Waals surface area contributed by atoms with E-state index < -0.39 is 0 Å². The zero-order chi connectivity index (χ0) is 18.0. The Kier molecular flexibility index (Phi) is 4.61. The number of ether oxygens (including phenoxy) is 3. The minimum Gasteiger partial charge on any atom is -0.493 e. The van der Waals surface area contributed by atoms with Gasteiger partial charge in [0.2, 0.25) is 0 Å². The van der Waals surface area contributed by atoms with Gasteiger partial charge in [0.25, 0.3) is 0 Å². The van der Waals surface area contributed by atoms with Gasteiger partial charge in [-0.1, -0.05) is 24.3 Å². The molecule has 0 aliphatic carbocycles. The molecule has 0 radical (unpaired) electrons. The second-order valence-electron chi connectivity index (χ2n) is 5.88. The van der Waals surface area contributed by atoms with Crippen LogP contribution >= 0.6 is 0 Å². The van der Waals surface area contributed by atoms with Gasteiger partial charge in [0, 0.05) is 11.1 Å². The van der Waals surface area contributed by atoms with Gasteiger partial charge < -0.3 is 14.2 Å². The zero-order valence-corrected chi connectivity index (χ0v) is 14.8. The molecular formula is C21H20O4. The number of aryl methyl sites for hydroxylation is 2. The molecule has 0 bridgehead atoms. The smallest absolute Gasteiger partial charge is 0.343 e. The third-order valence-corrected chi connectivity index (χ3v) is 4.26. The normalized spacial score (nSPS) is 15.1. The van der Waals surface area contributed by atoms with E-state index in [1.807, 2.05) is 43.3 Å². The van der Waals surface area contributed by atoms with Crippen molar-refractivity contribution in [3.05, 3.63) is 70.3 Å². The summed E-state index contributed by atoms with van der Waals surface area (Å²) in [4.78, 5) is 12.3. The maximum atomic E-state index is 12.3. The highest BCUT2D eigenvalue weighted by molar-refractivity contribution is 6.05. The summed E-state index contributed by atoms with van der Waals surface area (Å²) in [5.74, 6) is 1.37. The number of hydrogen-bond acceptors (Lipinski definition) is 4. The summed E-state index contributed by atoms with van der Waals surface area (Å²) >= 11 is 0. The number of carbonyl (C=O) groups is 1. The Morgan fingerprint density at radius 3 is 2.48 bits per heavy atom. The van der Waals surface area contributed by atoms with Crippen molar-refractivity contribution in [1.29, 1.82) is 0 Å². The Balaban J connectivity index is 2.00. The molecule has 128 valence electrons. The lowest BCUT2D eigenvalue weighted by Crippen LogP contribution is -1.98. The largest absolute Gasteiger partial charge is 0.493 e. The van der Waals surface area contributed by atoms with Gasteiger partial charge in [-0.25, -0.2) is 4.79 Å². The van der Waals surface area contributed by atoms with Crippen LogP contribution in [-0.4, -0.2) is 20.2 Å². The second kappa shape index (κ2) is 6.85. The quantitative estimate of drug-likeness (QED) is 0.617. The number of rotatable bonds is 4. The molecule has 0 spiro atoms. The minimum atomic E-state index is -0.377. The van der Waals surface area contributed by atoms with E-state index in [1.54, 1.807) is 26.4 Å². The lowest BCUT2D eigenvalue weighted by atomic mass is 10.0. The van der Waals surface area contributed by atoms with Crippen LogP contribution in [0.4, 0.5) is 0 Å². The molecule has 0 aromatic heterocycles. The van der Waals surface area contributed by atoms with Gasteiger partial charge in [-0.3, -0.25) is 0 Å². The molecule has 4 nitrogen and oxygen atoms in total. The Morgan fingerprint density at radius 1 is 1.00 bits per heavy atom. The van der Waals surface area contributed by atoms with Crippen molar-refractivity contribution >= 4 is 17.8 Å². The van der Waals surface area contributed by atoms with E-state index in [0.717, 1.165) is 16.7 Å². The van der Waals surface area contributed by atoms with Crippen molar-refractivity contribution in [1.82, 2.24) is 0 Å². The number of esters is 1. The number of carbonyl (C=O) groups excluding carboxylic acids is 1. The molecule has 3 rings (SSSR count). The molecule has 0 amide bonds. The van der Waals surface area contributed by atoms with E-state index >= 15 is 0 Å². The standard InChI is InChI=1S/C21H20O4/c1-13-8-9-15(10-14(13)2)19-12-17(21(22)25-19)11-16-6-5-7-18(23-3)20(16)24-4/h5-12H,1-4H3/b17-11-. The summed E-state index contributed by atoms with van der Waals surface area (Å²) in [5.41, 5.74) is 4.47. The highest BCUT2D eigenvalue weighted by Gasteiger charge is 2.23. The summed E-state index contributed by atoms with van der Waals surface area (Å²) in [5, 5.41) is 0. The highest BCUT2D eigenvalue weighted by atomic mass is 16.5. The first-order valence-corrected chi connectivity index (χ1v) is 7.97. The number of cyclic esters (lactones) is 1. The predicted molar refractivity (Wildman–Crippen MR) is 97.5 cm³/mol. The van der Waals surface area contributed by atoms with Crippen LogP contribution in [0.25, 0.3) is 11.8 Å². The summed E-state index contributed by atoms with van der Waals surface area (Å²) in [6, 6.07) is 11.5. The van der Waals surface area contributed by atoms with E-state index in [2.05, 4.69) is 6.92 Å². The fourth-order valence-electron chi connectivity index (χ4n) is 2.72. The zero-order valence-electron chi connectivity index (χ0n) is 14.8. The first kappa shape index (κ1) is 16.8. The molecular weight excluding hydrogens is 316 g/mol. The predicted octanol–water partition coefficient (Wildman–Crippen LogP) is 4.30. The monoisotopic (exact) mass is 336 g/mol. The Morgan fingerprint density at radius 2 is 1.80 bits per heavy atom. The van der Waals surface area contributed by atoms with Crippen LogP contribution in [0.15, 0.2) is 48.0 Å². The SMILES string of the molecule is COc1cccc(/C=C2/C=C(c3ccc(C)c(C)c3)OC2=O)c1OC. The lowest BCUT2D eigenvalue weighted by Gasteiger charge is -2.10. The van der Waals surface area contributed by atoms with Crippen LogP contribution in [0.5, 0.6) is 11.5 Å². The van der Waals surface area contributed by atoms with Crippen molar-refractivity contribution in [3.8, 4) is 11.5 Å². The van der Waals surface area contributed by atoms with Gasteiger partial charge in [-0.05, 0) is 49.3 Å². The summed E-state index contributed by atoms with van der Waals surface area (Å²) in [7, 11) is 3.15. The van der Waals surface area contributed by atoms with Crippen molar-refractivity contribution in [2.24, 2.45) is 0 Å². The molecule has 0 N–H and O–H groups in total. The van der Waals surface area contributed by atoms with Crippen LogP contribution < -0.4 is 9.47 Å². The van der Waals surface area contributed by atoms with Crippen LogP contribution in [0.2, 0.25) is 0 Å². The highest BCUT2D eigenvalue weighted by Crippen LogP contribution is 2.34. The molecule has 0 unspecified atom stereocenters. The second-order valence-corrected chi connectivity index (χ2v) is 5.88. The van der Waals surface area contributed by atoms with Crippen molar-refractivity contribution in [2.45, 2.75) is 13.8 Å². The summed E-state index contributed by atoms with van der Waals surface area (Å²) in [6.45, 7) is 4.09. The third-order valence-electron chi connectivity index (χ3n) is 4.26. The fraction of sp³-hybridized carbons (Fsp3) is 0.190. The van der Waals surface area contributed by atoms with Gasteiger partial charge in [0.05, 0.1) is 19.8 Å². The number of hydrogen-bond donors (Lipinski definition) is 0. The molecule has 4 heteroatoms. The molecule has 1 aliphatic heterocycles. The van der Waals surface area contributed by atoms with Crippen LogP contribution in [0, 0.1) is 13.8 Å². The topological polar surface area (TPSA) is 44.8 Å². The van der Waals surface area contributed by atoms with Crippen LogP contribution in [0.3, 0.4) is 0 Å². The maximum absolute atomic E-state index is 12.3. The van der Waals surface area contributed by atoms with Crippen molar-refractivity contribution in [3.63, 3.8) is 0 Å². The Labute approximate surface area is 147 Å². The Hall–Kier alpha value is -3.01. The molecule has 2 aromatic carbocycles. The number of methoxy groups -OCH3 is 2. The van der Waals surface area contributed by atoms with Gasteiger partial charge in [0.1, 0.15) is 5.76 Å². The minimum absolute atomic E-state index is 0.377. The molecule has 0 atom stereocenters. The summed E-state index contributed by atoms with van der Waals surface area (Å²) < 4.78 is 16.1. The molecule has 25 heavy (non-hydrogen) atoms. The molecule has 1 aliphatic rings. The first-order valence-electron chi connectivity index (χ1n) is 7.97. The third kappa shape index (κ3) is 3.29. The average Bonchev–Trinajstić information content (AvgIpc) is 2.97. The van der Waals surface area contributed by atoms with Crippen LogP contribution in [-0.2, 0) is 9.53 Å². The molecule has 1 heterocycles. The van der Waals surface area contributed by atoms with Gasteiger partial charge in [0.15, 0.2) is 11.5 Å². The van der Waals surface area contributed by atoms with Gasteiger partial charge >= 0.3 is 5.97 Å². The van der Waals surface area contributed by atoms with Gasteiger partial charge in [-0.15, -0.1) is 0 Å². The molecule has 0 saturated carbocycles. The van der Waals surface area contributed by atoms with Gasteiger partial charge in [-0.2, -0.15) is 0 Å². The van der Waals surface area contributed by atoms with E-state index in [4.69, 9.17) is 14.2 Å². The Bertz CT molecular complexity index is 891. The number of benzene rings is 2. The molecule has 0 fully saturated rings. The van der Waals surface area contributed by atoms with E-state index in [1.165, 1.54) is 5.56 Å². The van der Waals surface area contributed by atoms with Crippen molar-refractivity contribution < 1.29 is 19.0 Å². The van der Waals surface area contributed by atoms with E-state index in [9.17, 15) is 4.79 Å². The summed E-state index contributed by atoms with van der Waals surface area (Å²) in [6.07, 6.45) is 3.50. The van der Waals surface area contributed by atoms with E-state index in [0.29, 0.717) is 22.8 Å².